The second kappa shape index (κ2) is 5.95. The maximum Gasteiger partial charge on any atom is 0.328 e. The number of aliphatic carboxylic acids is 1. The van der Waals surface area contributed by atoms with E-state index in [9.17, 15) is 14.7 Å². The predicted molar refractivity (Wildman–Crippen MR) is 59.2 cm³/mol. The molecule has 6 nitrogen and oxygen atoms in total. The monoisotopic (exact) mass is 238 g/mol. The lowest BCUT2D eigenvalue weighted by Gasteiger charge is -2.16. The van der Waals surface area contributed by atoms with Gasteiger partial charge in [-0.05, 0) is 18.6 Å². The van der Waals surface area contributed by atoms with Crippen LogP contribution in [0.5, 0.6) is 0 Å². The van der Waals surface area contributed by atoms with Gasteiger partial charge >= 0.3 is 5.97 Å². The fourth-order valence-corrected chi connectivity index (χ4v) is 1.30. The first-order valence-corrected chi connectivity index (χ1v) is 5.10. The van der Waals surface area contributed by atoms with Gasteiger partial charge in [0, 0.05) is 12.4 Å². The fourth-order valence-electron chi connectivity index (χ4n) is 1.30. The first-order valence-electron chi connectivity index (χ1n) is 5.10. The lowest BCUT2D eigenvalue weighted by Crippen LogP contribution is -2.48. The smallest absolute Gasteiger partial charge is 0.328 e. The number of aliphatic hydroxyl groups excluding tert-OH is 1. The highest BCUT2D eigenvalue weighted by Crippen LogP contribution is 1.99. The minimum Gasteiger partial charge on any atom is -0.480 e. The summed E-state index contributed by atoms with van der Waals surface area (Å²) in [5.74, 6) is -1.73. The third kappa shape index (κ3) is 4.20. The second-order valence-corrected chi connectivity index (χ2v) is 3.66. The molecule has 0 unspecified atom stereocenters. The van der Waals surface area contributed by atoms with Crippen LogP contribution in [0.15, 0.2) is 24.5 Å². The molecule has 1 heterocycles. The molecule has 0 aliphatic heterocycles. The molecule has 0 bridgehead atoms. The van der Waals surface area contributed by atoms with Crippen molar-refractivity contribution in [2.24, 2.45) is 0 Å². The Morgan fingerprint density at radius 2 is 2.24 bits per heavy atom. The number of aliphatic hydroxyl groups is 1. The van der Waals surface area contributed by atoms with Gasteiger partial charge < -0.3 is 15.5 Å². The van der Waals surface area contributed by atoms with Crippen LogP contribution in [0.25, 0.3) is 0 Å². The Labute approximate surface area is 98.3 Å². The Bertz CT molecular complexity index is 392. The number of carbonyl (C=O) groups excluding carboxylic acids is 1. The van der Waals surface area contributed by atoms with Crippen LogP contribution < -0.4 is 5.32 Å². The van der Waals surface area contributed by atoms with Gasteiger partial charge in [-0.25, -0.2) is 4.79 Å². The van der Waals surface area contributed by atoms with Crippen LogP contribution in [0.4, 0.5) is 0 Å². The Balaban J connectivity index is 2.57. The van der Waals surface area contributed by atoms with E-state index in [4.69, 9.17) is 5.11 Å². The molecule has 0 aliphatic carbocycles. The van der Waals surface area contributed by atoms with Crippen LogP contribution in [-0.2, 0) is 16.0 Å². The minimum atomic E-state index is -1.29. The molecule has 1 aromatic heterocycles. The Kier molecular flexibility index (Phi) is 4.59. The Morgan fingerprint density at radius 1 is 1.53 bits per heavy atom. The van der Waals surface area contributed by atoms with Crippen molar-refractivity contribution in [1.29, 1.82) is 0 Å². The van der Waals surface area contributed by atoms with Crippen LogP contribution in [0.1, 0.15) is 12.5 Å². The van der Waals surface area contributed by atoms with Crippen LogP contribution >= 0.6 is 0 Å². The summed E-state index contributed by atoms with van der Waals surface area (Å²) < 4.78 is 0. The van der Waals surface area contributed by atoms with E-state index in [2.05, 4.69) is 10.3 Å². The summed E-state index contributed by atoms with van der Waals surface area (Å²) in [4.78, 5) is 26.1. The number of nitrogens with one attached hydrogen (secondary N) is 1. The SMILES string of the molecule is C[C@@H](O)[C@H](NC(=O)Cc1cccnc1)C(=O)O. The maximum atomic E-state index is 11.5. The normalized spacial score (nSPS) is 13.8. The van der Waals surface area contributed by atoms with Gasteiger partial charge in [-0.3, -0.25) is 9.78 Å². The van der Waals surface area contributed by atoms with Gasteiger partial charge in [-0.2, -0.15) is 0 Å². The van der Waals surface area contributed by atoms with E-state index in [1.54, 1.807) is 18.3 Å². The molecule has 0 saturated heterocycles. The summed E-state index contributed by atoms with van der Waals surface area (Å²) in [5, 5.41) is 20.2. The quantitative estimate of drug-likeness (QED) is 0.646. The summed E-state index contributed by atoms with van der Waals surface area (Å²) in [6.45, 7) is 1.31. The van der Waals surface area contributed by atoms with E-state index in [1.165, 1.54) is 13.1 Å². The third-order valence-electron chi connectivity index (χ3n) is 2.15. The maximum absolute atomic E-state index is 11.5. The summed E-state index contributed by atoms with van der Waals surface area (Å²) >= 11 is 0. The van der Waals surface area contributed by atoms with Crippen molar-refractivity contribution >= 4 is 11.9 Å². The molecule has 1 amide bonds. The van der Waals surface area contributed by atoms with Gasteiger partial charge in [0.25, 0.3) is 0 Å². The van der Waals surface area contributed by atoms with Crippen molar-refractivity contribution in [3.8, 4) is 0 Å². The highest BCUT2D eigenvalue weighted by molar-refractivity contribution is 5.85. The number of rotatable bonds is 5. The number of carbonyl (C=O) groups is 2. The number of hydrogen-bond acceptors (Lipinski definition) is 4. The Morgan fingerprint density at radius 3 is 2.71 bits per heavy atom. The van der Waals surface area contributed by atoms with Gasteiger partial charge in [0.2, 0.25) is 5.91 Å². The number of carboxylic acids is 1. The topological polar surface area (TPSA) is 99.5 Å². The molecule has 0 spiro atoms. The lowest BCUT2D eigenvalue weighted by molar-refractivity contribution is -0.144. The molecule has 92 valence electrons. The molecule has 3 N–H and O–H groups in total. The van der Waals surface area contributed by atoms with Crippen molar-refractivity contribution in [3.63, 3.8) is 0 Å². The number of hydrogen-bond donors (Lipinski definition) is 3. The van der Waals surface area contributed by atoms with Gasteiger partial charge in [0.1, 0.15) is 0 Å². The Hall–Kier alpha value is -1.95. The van der Waals surface area contributed by atoms with Crippen molar-refractivity contribution in [2.45, 2.75) is 25.5 Å². The third-order valence-corrected chi connectivity index (χ3v) is 2.15. The first kappa shape index (κ1) is 13.1. The average Bonchev–Trinajstić information content (AvgIpc) is 2.26. The van der Waals surface area contributed by atoms with E-state index in [0.29, 0.717) is 5.56 Å². The van der Waals surface area contributed by atoms with Crippen LogP contribution in [0.2, 0.25) is 0 Å². The molecule has 0 aromatic carbocycles. The largest absolute Gasteiger partial charge is 0.480 e. The lowest BCUT2D eigenvalue weighted by atomic mass is 10.1. The van der Waals surface area contributed by atoms with E-state index >= 15 is 0 Å². The number of nitrogens with zero attached hydrogens (tertiary/aromatic N) is 1. The summed E-state index contributed by atoms with van der Waals surface area (Å²) in [5.41, 5.74) is 0.680. The summed E-state index contributed by atoms with van der Waals surface area (Å²) in [6, 6.07) is 2.11. The molecular weight excluding hydrogens is 224 g/mol. The first-order chi connectivity index (χ1) is 8.00. The van der Waals surface area contributed by atoms with Gasteiger partial charge in [0.05, 0.1) is 12.5 Å². The van der Waals surface area contributed by atoms with Gasteiger partial charge in [0.15, 0.2) is 6.04 Å². The molecule has 1 rings (SSSR count). The molecular formula is C11H14N2O4. The van der Waals surface area contributed by atoms with Crippen molar-refractivity contribution in [1.82, 2.24) is 10.3 Å². The predicted octanol–water partition coefficient (Wildman–Crippen LogP) is -0.426. The number of carboxylic acid groups (broad SMARTS) is 1. The van der Waals surface area contributed by atoms with E-state index in [0.717, 1.165) is 0 Å². The van der Waals surface area contributed by atoms with Crippen molar-refractivity contribution in [3.05, 3.63) is 30.1 Å². The molecule has 6 heteroatoms. The summed E-state index contributed by atoms with van der Waals surface area (Å²) in [7, 11) is 0. The molecule has 0 saturated carbocycles. The van der Waals surface area contributed by atoms with Crippen LogP contribution in [0.3, 0.4) is 0 Å². The molecule has 0 aliphatic rings. The highest BCUT2D eigenvalue weighted by Gasteiger charge is 2.24. The zero-order valence-electron chi connectivity index (χ0n) is 9.33. The summed E-state index contributed by atoms with van der Waals surface area (Å²) in [6.07, 6.45) is 1.99. The molecule has 2 atom stereocenters. The zero-order chi connectivity index (χ0) is 12.8. The second-order valence-electron chi connectivity index (χ2n) is 3.66. The zero-order valence-corrected chi connectivity index (χ0v) is 9.33. The average molecular weight is 238 g/mol. The molecule has 0 fully saturated rings. The molecule has 17 heavy (non-hydrogen) atoms. The van der Waals surface area contributed by atoms with Gasteiger partial charge in [-0.15, -0.1) is 0 Å². The number of pyridine rings is 1. The standard InChI is InChI=1S/C11H14N2O4/c1-7(14)10(11(16)17)13-9(15)5-8-3-2-4-12-6-8/h2-4,6-7,10,14H,5H2,1H3,(H,13,15)(H,16,17)/t7-,10+/m1/s1. The van der Waals surface area contributed by atoms with Gasteiger partial charge in [-0.1, -0.05) is 6.07 Å². The van der Waals surface area contributed by atoms with Crippen LogP contribution in [0, 0.1) is 0 Å². The number of amides is 1. The van der Waals surface area contributed by atoms with E-state index in [1.807, 2.05) is 0 Å². The molecule has 1 aromatic rings. The van der Waals surface area contributed by atoms with E-state index in [-0.39, 0.29) is 6.42 Å². The van der Waals surface area contributed by atoms with E-state index < -0.39 is 24.0 Å². The molecule has 0 radical (unpaired) electrons. The number of aromatic nitrogens is 1. The van der Waals surface area contributed by atoms with Crippen molar-refractivity contribution < 1.29 is 19.8 Å². The van der Waals surface area contributed by atoms with Crippen LogP contribution in [-0.4, -0.2) is 39.2 Å². The van der Waals surface area contributed by atoms with Crippen molar-refractivity contribution in [2.75, 3.05) is 0 Å². The highest BCUT2D eigenvalue weighted by atomic mass is 16.4. The minimum absolute atomic E-state index is 0.0321. The fraction of sp³-hybridized carbons (Fsp3) is 0.364.